The lowest BCUT2D eigenvalue weighted by molar-refractivity contribution is 0.169. The fourth-order valence-corrected chi connectivity index (χ4v) is 3.26. The van der Waals surface area contributed by atoms with Crippen LogP contribution in [0.2, 0.25) is 0 Å². The van der Waals surface area contributed by atoms with Crippen molar-refractivity contribution in [2.45, 2.75) is 25.8 Å². The number of benzene rings is 1. The zero-order valence-corrected chi connectivity index (χ0v) is 14.6. The second-order valence-corrected chi connectivity index (χ2v) is 6.18. The number of piperidine rings is 1. The molecule has 1 aliphatic rings. The van der Waals surface area contributed by atoms with Crippen molar-refractivity contribution in [3.05, 3.63) is 48.3 Å². The zero-order chi connectivity index (χ0) is 15.2. The maximum Gasteiger partial charge on any atom is 0.0649 e. The predicted molar refractivity (Wildman–Crippen MR) is 97.4 cm³/mol. The highest BCUT2D eigenvalue weighted by atomic mass is 35.5. The number of likely N-dealkylation sites (tertiary alicyclic amines) is 1. The first-order valence-corrected chi connectivity index (χ1v) is 8.32. The van der Waals surface area contributed by atoms with E-state index in [4.69, 9.17) is 0 Å². The van der Waals surface area contributed by atoms with Gasteiger partial charge in [0.1, 0.15) is 0 Å². The molecular formula is C18H27ClN4. The number of halogens is 1. The molecule has 0 unspecified atom stereocenters. The molecular weight excluding hydrogens is 308 g/mol. The van der Waals surface area contributed by atoms with Crippen LogP contribution in [0.3, 0.4) is 0 Å². The fraction of sp³-hybridized carbons (Fsp3) is 0.500. The summed E-state index contributed by atoms with van der Waals surface area (Å²) >= 11 is 0. The van der Waals surface area contributed by atoms with Gasteiger partial charge in [0.15, 0.2) is 0 Å². The van der Waals surface area contributed by atoms with Gasteiger partial charge in [-0.25, -0.2) is 4.68 Å². The second kappa shape index (κ2) is 9.06. The molecule has 0 atom stereocenters. The van der Waals surface area contributed by atoms with Gasteiger partial charge in [0.25, 0.3) is 0 Å². The molecule has 0 bridgehead atoms. The fourth-order valence-electron chi connectivity index (χ4n) is 3.26. The summed E-state index contributed by atoms with van der Waals surface area (Å²) in [6.07, 6.45) is 5.86. The Hall–Kier alpha value is -1.36. The first-order chi connectivity index (χ1) is 10.9. The van der Waals surface area contributed by atoms with Crippen LogP contribution in [0.25, 0.3) is 5.69 Å². The monoisotopic (exact) mass is 334 g/mol. The number of hydrogen-bond donors (Lipinski definition) is 1. The van der Waals surface area contributed by atoms with Crippen LogP contribution in [-0.2, 0) is 6.54 Å². The van der Waals surface area contributed by atoms with Crippen molar-refractivity contribution < 1.29 is 0 Å². The number of rotatable bonds is 6. The highest BCUT2D eigenvalue weighted by Gasteiger charge is 2.19. The van der Waals surface area contributed by atoms with Crippen LogP contribution in [-0.4, -0.2) is 41.4 Å². The van der Waals surface area contributed by atoms with Crippen LogP contribution in [0, 0.1) is 5.92 Å². The van der Waals surface area contributed by atoms with Crippen LogP contribution in [0.4, 0.5) is 0 Å². The Morgan fingerprint density at radius 3 is 2.57 bits per heavy atom. The Morgan fingerprint density at radius 2 is 1.87 bits per heavy atom. The standard InChI is InChI=1S/C18H26N4.ClH/c1-19-11-7-16-9-13-21(14-10-16)15-18-8-12-20-22(18)17-5-3-2-4-6-17;/h2-6,8,12,16,19H,7,9-11,13-15H2,1H3;1H. The van der Waals surface area contributed by atoms with Crippen LogP contribution >= 0.6 is 12.4 Å². The number of hydrogen-bond acceptors (Lipinski definition) is 3. The lowest BCUT2D eigenvalue weighted by Crippen LogP contribution is -2.34. The molecule has 1 aliphatic heterocycles. The molecule has 2 aromatic rings. The van der Waals surface area contributed by atoms with E-state index in [-0.39, 0.29) is 12.4 Å². The molecule has 1 N–H and O–H groups in total. The van der Waals surface area contributed by atoms with Gasteiger partial charge in [0, 0.05) is 12.7 Å². The molecule has 23 heavy (non-hydrogen) atoms. The molecule has 1 fully saturated rings. The van der Waals surface area contributed by atoms with E-state index in [0.717, 1.165) is 24.7 Å². The van der Waals surface area contributed by atoms with Crippen LogP contribution in [0.5, 0.6) is 0 Å². The second-order valence-electron chi connectivity index (χ2n) is 6.18. The third kappa shape index (κ3) is 4.80. The highest BCUT2D eigenvalue weighted by molar-refractivity contribution is 5.85. The van der Waals surface area contributed by atoms with E-state index >= 15 is 0 Å². The first-order valence-electron chi connectivity index (χ1n) is 8.32. The van der Waals surface area contributed by atoms with E-state index in [2.05, 4.69) is 50.3 Å². The minimum Gasteiger partial charge on any atom is -0.320 e. The molecule has 1 aromatic carbocycles. The van der Waals surface area contributed by atoms with Crippen molar-refractivity contribution in [3.8, 4) is 5.69 Å². The van der Waals surface area contributed by atoms with Gasteiger partial charge in [-0.1, -0.05) is 18.2 Å². The number of aromatic nitrogens is 2. The largest absolute Gasteiger partial charge is 0.320 e. The predicted octanol–water partition coefficient (Wildman–Crippen LogP) is 3.12. The third-order valence-corrected chi connectivity index (χ3v) is 4.62. The Kier molecular flexibility index (Phi) is 7.09. The Bertz CT molecular complexity index is 561. The van der Waals surface area contributed by atoms with Crippen molar-refractivity contribution in [1.82, 2.24) is 20.0 Å². The summed E-state index contributed by atoms with van der Waals surface area (Å²) in [5.74, 6) is 0.891. The van der Waals surface area contributed by atoms with Gasteiger partial charge in [-0.3, -0.25) is 4.90 Å². The number of nitrogens with one attached hydrogen (secondary N) is 1. The van der Waals surface area contributed by atoms with E-state index in [1.54, 1.807) is 0 Å². The molecule has 0 spiro atoms. The van der Waals surface area contributed by atoms with E-state index < -0.39 is 0 Å². The maximum atomic E-state index is 4.49. The molecule has 1 aromatic heterocycles. The summed E-state index contributed by atoms with van der Waals surface area (Å²) in [4.78, 5) is 2.56. The summed E-state index contributed by atoms with van der Waals surface area (Å²) in [5.41, 5.74) is 2.42. The minimum absolute atomic E-state index is 0. The summed E-state index contributed by atoms with van der Waals surface area (Å²) in [7, 11) is 2.04. The van der Waals surface area contributed by atoms with E-state index in [1.165, 1.54) is 38.0 Å². The molecule has 0 amide bonds. The quantitative estimate of drug-likeness (QED) is 0.881. The van der Waals surface area contributed by atoms with Crippen LogP contribution in [0.15, 0.2) is 42.6 Å². The SMILES string of the molecule is CNCCC1CCN(Cc2ccnn2-c2ccccc2)CC1.Cl. The molecule has 5 heteroatoms. The van der Waals surface area contributed by atoms with Gasteiger partial charge in [-0.05, 0) is 70.1 Å². The molecule has 0 aliphatic carbocycles. The van der Waals surface area contributed by atoms with Crippen LogP contribution < -0.4 is 5.32 Å². The number of para-hydroxylation sites is 1. The van der Waals surface area contributed by atoms with Gasteiger partial charge in [0.05, 0.1) is 11.4 Å². The third-order valence-electron chi connectivity index (χ3n) is 4.62. The minimum atomic E-state index is 0. The van der Waals surface area contributed by atoms with Gasteiger partial charge in [-0.2, -0.15) is 5.10 Å². The van der Waals surface area contributed by atoms with Gasteiger partial charge in [0.2, 0.25) is 0 Å². The normalized spacial score (nSPS) is 16.2. The van der Waals surface area contributed by atoms with Crippen molar-refractivity contribution >= 4 is 12.4 Å². The summed E-state index contributed by atoms with van der Waals surface area (Å²) < 4.78 is 2.06. The number of nitrogens with zero attached hydrogens (tertiary/aromatic N) is 3. The lowest BCUT2D eigenvalue weighted by Gasteiger charge is -2.32. The maximum absolute atomic E-state index is 4.49. The van der Waals surface area contributed by atoms with Crippen molar-refractivity contribution in [2.24, 2.45) is 5.92 Å². The van der Waals surface area contributed by atoms with E-state index in [0.29, 0.717) is 0 Å². The molecule has 0 radical (unpaired) electrons. The molecule has 0 saturated carbocycles. The van der Waals surface area contributed by atoms with Gasteiger partial charge in [-0.15, -0.1) is 12.4 Å². The average molecular weight is 335 g/mol. The van der Waals surface area contributed by atoms with Gasteiger partial charge < -0.3 is 5.32 Å². The lowest BCUT2D eigenvalue weighted by atomic mass is 9.93. The average Bonchev–Trinajstić information content (AvgIpc) is 3.03. The molecule has 4 nitrogen and oxygen atoms in total. The summed E-state index contributed by atoms with van der Waals surface area (Å²) in [6, 6.07) is 12.5. The van der Waals surface area contributed by atoms with Gasteiger partial charge >= 0.3 is 0 Å². The van der Waals surface area contributed by atoms with E-state index in [1.807, 2.05) is 19.3 Å². The Balaban J connectivity index is 0.00000192. The van der Waals surface area contributed by atoms with Crippen LogP contribution in [0.1, 0.15) is 25.0 Å². The molecule has 3 rings (SSSR count). The zero-order valence-electron chi connectivity index (χ0n) is 13.8. The summed E-state index contributed by atoms with van der Waals surface area (Å²) in [5, 5.41) is 7.75. The summed E-state index contributed by atoms with van der Waals surface area (Å²) in [6.45, 7) is 4.54. The molecule has 126 valence electrons. The first kappa shape index (κ1) is 18.0. The smallest absolute Gasteiger partial charge is 0.0649 e. The van der Waals surface area contributed by atoms with Crippen molar-refractivity contribution in [2.75, 3.05) is 26.7 Å². The van der Waals surface area contributed by atoms with Crippen molar-refractivity contribution in [1.29, 1.82) is 0 Å². The topological polar surface area (TPSA) is 33.1 Å². The Labute approximate surface area is 145 Å². The Morgan fingerprint density at radius 1 is 1.13 bits per heavy atom. The highest BCUT2D eigenvalue weighted by Crippen LogP contribution is 2.22. The van der Waals surface area contributed by atoms with E-state index in [9.17, 15) is 0 Å². The molecule has 2 heterocycles. The van der Waals surface area contributed by atoms with Crippen molar-refractivity contribution in [3.63, 3.8) is 0 Å². The molecule has 1 saturated heterocycles.